The Labute approximate surface area is 220 Å². The Balaban J connectivity index is 1.87. The number of ether oxygens (including phenoxy) is 1. The van der Waals surface area contributed by atoms with Gasteiger partial charge in [0.15, 0.2) is 0 Å². The first-order valence-electron chi connectivity index (χ1n) is 13.2. The van der Waals surface area contributed by atoms with Gasteiger partial charge in [-0.15, -0.1) is 0 Å². The minimum absolute atomic E-state index is 0.0523. The van der Waals surface area contributed by atoms with E-state index >= 15 is 0 Å². The molecule has 0 fully saturated rings. The van der Waals surface area contributed by atoms with Crippen LogP contribution in [0.4, 0.5) is 0 Å². The summed E-state index contributed by atoms with van der Waals surface area (Å²) in [5, 5.41) is 3.73. The lowest BCUT2D eigenvalue weighted by atomic mass is 9.61. The molecule has 0 aliphatic heterocycles. The highest BCUT2D eigenvalue weighted by molar-refractivity contribution is 5.87. The summed E-state index contributed by atoms with van der Waals surface area (Å²) in [7, 11) is 6.08. The number of para-hydroxylation sites is 1. The van der Waals surface area contributed by atoms with Crippen molar-refractivity contribution in [1.29, 1.82) is 0 Å². The maximum absolute atomic E-state index is 6.02. The second kappa shape index (κ2) is 10.7. The highest BCUT2D eigenvalue weighted by Crippen LogP contribution is 2.52. The molecule has 2 atom stereocenters. The fourth-order valence-corrected chi connectivity index (χ4v) is 6.02. The average molecular weight is 489 g/mol. The summed E-state index contributed by atoms with van der Waals surface area (Å²) in [4.78, 5) is 7.31. The van der Waals surface area contributed by atoms with E-state index in [1.807, 2.05) is 6.07 Å². The third kappa shape index (κ3) is 4.72. The number of rotatable bonds is 9. The molecule has 1 heterocycles. The van der Waals surface area contributed by atoms with E-state index in [1.165, 1.54) is 21.9 Å². The van der Waals surface area contributed by atoms with Crippen LogP contribution in [0.15, 0.2) is 103 Å². The second-order valence-electron chi connectivity index (χ2n) is 10.2. The predicted molar refractivity (Wildman–Crippen MR) is 156 cm³/mol. The summed E-state index contributed by atoms with van der Waals surface area (Å²) >= 11 is 0. The lowest BCUT2D eigenvalue weighted by Crippen LogP contribution is -2.37. The molecule has 0 spiro atoms. The third-order valence-corrected chi connectivity index (χ3v) is 7.87. The highest BCUT2D eigenvalue weighted by atomic mass is 16.5. The van der Waals surface area contributed by atoms with Gasteiger partial charge in [-0.2, -0.15) is 0 Å². The summed E-state index contributed by atoms with van der Waals surface area (Å²) in [5.74, 6) is 0.756. The standard InChI is InChI=1S/C34H36N2O/c1-5-34(22-23-36(2)3,30-20-13-18-25-14-9-11-19-28(25)30)32(26-15-7-6-8-16-26)29-24-27-17-10-12-21-31(27)35-33(29)37-4/h6-21,24,32H,5,22-23H2,1-4H3. The van der Waals surface area contributed by atoms with Gasteiger partial charge in [-0.05, 0) is 67.5 Å². The molecule has 1 aromatic heterocycles. The molecule has 5 rings (SSSR count). The Morgan fingerprint density at radius 3 is 2.22 bits per heavy atom. The van der Waals surface area contributed by atoms with Crippen molar-refractivity contribution in [3.8, 4) is 5.88 Å². The molecule has 2 unspecified atom stereocenters. The van der Waals surface area contributed by atoms with E-state index in [0.717, 1.165) is 35.9 Å². The Kier molecular flexibility index (Phi) is 7.25. The zero-order chi connectivity index (χ0) is 25.8. The molecule has 4 aromatic carbocycles. The smallest absolute Gasteiger partial charge is 0.217 e. The van der Waals surface area contributed by atoms with Gasteiger partial charge in [0.25, 0.3) is 0 Å². The van der Waals surface area contributed by atoms with Crippen LogP contribution in [0.2, 0.25) is 0 Å². The molecule has 0 amide bonds. The van der Waals surface area contributed by atoms with Crippen LogP contribution in [-0.2, 0) is 5.41 Å². The number of nitrogens with zero attached hydrogens (tertiary/aromatic N) is 2. The number of aromatic nitrogens is 1. The second-order valence-corrected chi connectivity index (χ2v) is 10.2. The zero-order valence-corrected chi connectivity index (χ0v) is 22.3. The first-order valence-corrected chi connectivity index (χ1v) is 13.2. The van der Waals surface area contributed by atoms with Crippen molar-refractivity contribution in [2.45, 2.75) is 31.1 Å². The molecular formula is C34H36N2O. The SMILES string of the molecule is CCC(CCN(C)C)(c1cccc2ccccc12)C(c1ccccc1)c1cc2ccccc2nc1OC. The maximum atomic E-state index is 6.02. The van der Waals surface area contributed by atoms with Crippen LogP contribution in [0.25, 0.3) is 21.7 Å². The van der Waals surface area contributed by atoms with E-state index in [0.29, 0.717) is 5.88 Å². The van der Waals surface area contributed by atoms with Gasteiger partial charge in [0.1, 0.15) is 0 Å². The number of pyridine rings is 1. The Morgan fingerprint density at radius 2 is 1.49 bits per heavy atom. The first-order chi connectivity index (χ1) is 18.1. The number of benzene rings is 4. The topological polar surface area (TPSA) is 25.4 Å². The van der Waals surface area contributed by atoms with Gasteiger partial charge in [-0.3, -0.25) is 0 Å². The predicted octanol–water partition coefficient (Wildman–Crippen LogP) is 7.83. The fourth-order valence-electron chi connectivity index (χ4n) is 6.02. The van der Waals surface area contributed by atoms with Crippen LogP contribution in [0.5, 0.6) is 5.88 Å². The van der Waals surface area contributed by atoms with Crippen LogP contribution < -0.4 is 4.74 Å². The van der Waals surface area contributed by atoms with Gasteiger partial charge in [0, 0.05) is 22.3 Å². The van der Waals surface area contributed by atoms with Crippen molar-refractivity contribution in [3.05, 3.63) is 120 Å². The molecule has 0 N–H and O–H groups in total. The number of fused-ring (bicyclic) bond motifs is 2. The minimum atomic E-state index is -0.191. The summed E-state index contributed by atoms with van der Waals surface area (Å²) < 4.78 is 6.02. The Bertz CT molecular complexity index is 1490. The number of hydrogen-bond donors (Lipinski definition) is 0. The van der Waals surface area contributed by atoms with E-state index in [1.54, 1.807) is 7.11 Å². The van der Waals surface area contributed by atoms with E-state index in [9.17, 15) is 0 Å². The molecule has 188 valence electrons. The van der Waals surface area contributed by atoms with E-state index in [-0.39, 0.29) is 11.3 Å². The van der Waals surface area contributed by atoms with E-state index in [4.69, 9.17) is 9.72 Å². The van der Waals surface area contributed by atoms with Gasteiger partial charge in [0.2, 0.25) is 5.88 Å². The highest BCUT2D eigenvalue weighted by Gasteiger charge is 2.43. The van der Waals surface area contributed by atoms with Crippen molar-refractivity contribution >= 4 is 21.7 Å². The normalized spacial score (nSPS) is 14.1. The largest absolute Gasteiger partial charge is 0.481 e. The van der Waals surface area contributed by atoms with Crippen molar-refractivity contribution in [3.63, 3.8) is 0 Å². The Morgan fingerprint density at radius 1 is 0.811 bits per heavy atom. The molecule has 3 heteroatoms. The molecule has 0 aliphatic carbocycles. The van der Waals surface area contributed by atoms with E-state index in [2.05, 4.69) is 123 Å². The Hall–Kier alpha value is -3.69. The van der Waals surface area contributed by atoms with Crippen LogP contribution >= 0.6 is 0 Å². The summed E-state index contributed by atoms with van der Waals surface area (Å²) in [6, 6.07) is 37.2. The average Bonchev–Trinajstić information content (AvgIpc) is 2.95. The van der Waals surface area contributed by atoms with Gasteiger partial charge < -0.3 is 9.64 Å². The number of methoxy groups -OCH3 is 1. The van der Waals surface area contributed by atoms with E-state index < -0.39 is 0 Å². The third-order valence-electron chi connectivity index (χ3n) is 7.87. The van der Waals surface area contributed by atoms with Crippen molar-refractivity contribution in [2.75, 3.05) is 27.7 Å². The molecule has 37 heavy (non-hydrogen) atoms. The van der Waals surface area contributed by atoms with Crippen molar-refractivity contribution < 1.29 is 4.74 Å². The number of hydrogen-bond acceptors (Lipinski definition) is 3. The lowest BCUT2D eigenvalue weighted by molar-refractivity contribution is 0.276. The van der Waals surface area contributed by atoms with Crippen LogP contribution in [0.1, 0.15) is 42.4 Å². The minimum Gasteiger partial charge on any atom is -0.481 e. The monoisotopic (exact) mass is 488 g/mol. The van der Waals surface area contributed by atoms with Crippen molar-refractivity contribution in [2.24, 2.45) is 0 Å². The van der Waals surface area contributed by atoms with Crippen LogP contribution in [0.3, 0.4) is 0 Å². The molecule has 0 saturated carbocycles. The first kappa shape index (κ1) is 25.0. The molecule has 0 radical (unpaired) electrons. The summed E-state index contributed by atoms with van der Waals surface area (Å²) in [6.45, 7) is 3.32. The molecule has 3 nitrogen and oxygen atoms in total. The molecule has 5 aromatic rings. The fraction of sp³-hybridized carbons (Fsp3) is 0.265. The zero-order valence-electron chi connectivity index (χ0n) is 22.3. The van der Waals surface area contributed by atoms with Gasteiger partial charge in [-0.25, -0.2) is 4.98 Å². The van der Waals surface area contributed by atoms with Gasteiger partial charge in [-0.1, -0.05) is 97.9 Å². The van der Waals surface area contributed by atoms with Crippen LogP contribution in [0, 0.1) is 0 Å². The van der Waals surface area contributed by atoms with Crippen molar-refractivity contribution in [1.82, 2.24) is 9.88 Å². The summed E-state index contributed by atoms with van der Waals surface area (Å²) in [5.41, 5.74) is 4.58. The molecule has 0 saturated heterocycles. The quantitative estimate of drug-likeness (QED) is 0.211. The molecule has 0 aliphatic rings. The van der Waals surface area contributed by atoms with Crippen LogP contribution in [-0.4, -0.2) is 37.6 Å². The lowest BCUT2D eigenvalue weighted by Gasteiger charge is -2.43. The van der Waals surface area contributed by atoms with Gasteiger partial charge >= 0.3 is 0 Å². The summed E-state index contributed by atoms with van der Waals surface area (Å²) in [6.07, 6.45) is 1.98. The van der Waals surface area contributed by atoms with Gasteiger partial charge in [0.05, 0.1) is 12.6 Å². The molecular weight excluding hydrogens is 452 g/mol. The maximum Gasteiger partial charge on any atom is 0.217 e. The molecule has 0 bridgehead atoms.